The third kappa shape index (κ3) is 5.50. The van der Waals surface area contributed by atoms with Gasteiger partial charge in [0.1, 0.15) is 17.2 Å². The molecule has 1 saturated heterocycles. The number of fused-ring (bicyclic) bond motifs is 1. The van der Waals surface area contributed by atoms with Gasteiger partial charge in [0.05, 0.1) is 4.90 Å². The Kier molecular flexibility index (Phi) is 8.00. The van der Waals surface area contributed by atoms with Gasteiger partial charge in [-0.15, -0.1) is 12.4 Å². The molecule has 0 spiro atoms. The number of hydrogen-bond acceptors (Lipinski definition) is 7. The molecule has 3 heterocycles. The van der Waals surface area contributed by atoms with Crippen molar-refractivity contribution in [2.24, 2.45) is 7.05 Å². The Morgan fingerprint density at radius 2 is 1.76 bits per heavy atom. The molecule has 1 N–H and O–H groups in total. The summed E-state index contributed by atoms with van der Waals surface area (Å²) < 4.78 is 47.8. The summed E-state index contributed by atoms with van der Waals surface area (Å²) in [6, 6.07) is 14.1. The fourth-order valence-corrected chi connectivity index (χ4v) is 5.86. The van der Waals surface area contributed by atoms with Crippen molar-refractivity contribution in [3.63, 3.8) is 0 Å². The van der Waals surface area contributed by atoms with Gasteiger partial charge in [-0.2, -0.15) is 9.29 Å². The van der Waals surface area contributed by atoms with E-state index in [1.165, 1.54) is 27.1 Å². The molecule has 0 atom stereocenters. The number of nitrogens with one attached hydrogen (secondary N) is 1. The average molecular weight is 560 g/mol. The zero-order valence-electron chi connectivity index (χ0n) is 20.8. The van der Waals surface area contributed by atoms with Crippen molar-refractivity contribution in [1.82, 2.24) is 18.8 Å². The third-order valence-corrected chi connectivity index (χ3v) is 8.35. The molecular formula is C26H27ClFN5O4S. The molecule has 5 rings (SSSR count). The first-order valence-corrected chi connectivity index (χ1v) is 13.3. The summed E-state index contributed by atoms with van der Waals surface area (Å²) in [7, 11) is -1.93. The van der Waals surface area contributed by atoms with Crippen LogP contribution < -0.4 is 15.6 Å². The Morgan fingerprint density at radius 3 is 2.45 bits per heavy atom. The second-order valence-corrected chi connectivity index (χ2v) is 10.9. The minimum atomic E-state index is -3.52. The molecule has 0 unspecified atom stereocenters. The molecule has 0 amide bonds. The first-order chi connectivity index (χ1) is 17.7. The van der Waals surface area contributed by atoms with Crippen LogP contribution in [0.1, 0.15) is 18.4 Å². The normalized spacial score (nSPS) is 14.7. The first-order valence-electron chi connectivity index (χ1n) is 11.8. The summed E-state index contributed by atoms with van der Waals surface area (Å²) in [5.74, 6) is 0.446. The van der Waals surface area contributed by atoms with Gasteiger partial charge in [0.25, 0.3) is 5.56 Å². The second kappa shape index (κ2) is 11.1. The summed E-state index contributed by atoms with van der Waals surface area (Å²) >= 11 is 0. The van der Waals surface area contributed by atoms with Gasteiger partial charge in [0.2, 0.25) is 16.0 Å². The van der Waals surface area contributed by atoms with E-state index >= 15 is 0 Å². The van der Waals surface area contributed by atoms with E-state index in [0.717, 1.165) is 0 Å². The largest absolute Gasteiger partial charge is 0.451 e. The Labute approximate surface area is 225 Å². The molecule has 0 aliphatic carbocycles. The summed E-state index contributed by atoms with van der Waals surface area (Å²) in [6.45, 7) is 2.46. The summed E-state index contributed by atoms with van der Waals surface area (Å²) in [4.78, 5) is 22.1. The molecule has 1 fully saturated rings. The highest BCUT2D eigenvalue weighted by atomic mass is 35.5. The molecule has 12 heteroatoms. The number of aromatic nitrogens is 3. The van der Waals surface area contributed by atoms with Gasteiger partial charge in [0, 0.05) is 37.8 Å². The fourth-order valence-electron chi connectivity index (χ4n) is 4.37. The maximum Gasteiger partial charge on any atom is 0.294 e. The van der Waals surface area contributed by atoms with E-state index in [0.29, 0.717) is 54.2 Å². The Bertz CT molecular complexity index is 1620. The highest BCUT2D eigenvalue weighted by molar-refractivity contribution is 7.89. The van der Waals surface area contributed by atoms with Crippen molar-refractivity contribution in [3.05, 3.63) is 82.5 Å². The number of aryl methyl sites for hydroxylation is 2. The standard InChI is InChI=1S/C26H26FN5O4S.ClH/c1-17-14-19(27)8-9-22(17)36-23-15-18-16-28-26(30-24(18)31(2)25(23)33)29-20-10-12-32(13-11-20)37(34,35)21-6-4-3-5-7-21;/h3-9,14-16,20H,10-13H2,1-2H3,(H,28,29,30);1H. The number of benzene rings is 2. The number of anilines is 1. The van der Waals surface area contributed by atoms with E-state index in [9.17, 15) is 17.6 Å². The molecule has 200 valence electrons. The lowest BCUT2D eigenvalue weighted by atomic mass is 10.1. The maximum absolute atomic E-state index is 13.4. The minimum Gasteiger partial charge on any atom is -0.451 e. The van der Waals surface area contributed by atoms with Crippen LogP contribution in [-0.4, -0.2) is 46.4 Å². The molecule has 9 nitrogen and oxygen atoms in total. The van der Waals surface area contributed by atoms with E-state index in [1.807, 2.05) is 0 Å². The van der Waals surface area contributed by atoms with Crippen LogP contribution in [0.5, 0.6) is 11.5 Å². The minimum absolute atomic E-state index is 0. The van der Waals surface area contributed by atoms with Crippen LogP contribution in [0.4, 0.5) is 10.3 Å². The Balaban J connectivity index is 0.00000336. The van der Waals surface area contributed by atoms with Crippen LogP contribution in [0.2, 0.25) is 0 Å². The van der Waals surface area contributed by atoms with Gasteiger partial charge in [-0.3, -0.25) is 9.36 Å². The quantitative estimate of drug-likeness (QED) is 0.376. The monoisotopic (exact) mass is 559 g/mol. The van der Waals surface area contributed by atoms with Crippen molar-refractivity contribution in [1.29, 1.82) is 0 Å². The van der Waals surface area contributed by atoms with E-state index in [-0.39, 0.29) is 40.5 Å². The van der Waals surface area contributed by atoms with Gasteiger partial charge in [0.15, 0.2) is 5.75 Å². The van der Waals surface area contributed by atoms with E-state index in [2.05, 4.69) is 15.3 Å². The number of hydrogen-bond donors (Lipinski definition) is 1. The number of rotatable bonds is 6. The van der Waals surface area contributed by atoms with Crippen LogP contribution in [0.3, 0.4) is 0 Å². The highest BCUT2D eigenvalue weighted by Crippen LogP contribution is 2.26. The zero-order valence-corrected chi connectivity index (χ0v) is 22.4. The van der Waals surface area contributed by atoms with Crippen LogP contribution in [0, 0.1) is 12.7 Å². The number of ether oxygens (including phenoxy) is 1. The molecular weight excluding hydrogens is 533 g/mol. The van der Waals surface area contributed by atoms with Crippen molar-refractivity contribution in [2.75, 3.05) is 18.4 Å². The van der Waals surface area contributed by atoms with E-state index in [1.54, 1.807) is 56.6 Å². The van der Waals surface area contributed by atoms with E-state index in [4.69, 9.17) is 4.74 Å². The maximum atomic E-state index is 13.4. The number of piperidine rings is 1. The van der Waals surface area contributed by atoms with Crippen LogP contribution in [0.25, 0.3) is 11.0 Å². The number of nitrogens with zero attached hydrogens (tertiary/aromatic N) is 4. The third-order valence-electron chi connectivity index (χ3n) is 6.44. The van der Waals surface area contributed by atoms with Gasteiger partial charge in [-0.1, -0.05) is 18.2 Å². The van der Waals surface area contributed by atoms with Crippen LogP contribution >= 0.6 is 12.4 Å². The molecule has 1 aliphatic heterocycles. The number of pyridine rings is 1. The lowest BCUT2D eigenvalue weighted by Crippen LogP contribution is -2.42. The van der Waals surface area contributed by atoms with Gasteiger partial charge in [-0.05, 0) is 61.7 Å². The number of halogens is 2. The topological polar surface area (TPSA) is 106 Å². The molecule has 2 aromatic carbocycles. The Morgan fingerprint density at radius 1 is 1.05 bits per heavy atom. The second-order valence-electron chi connectivity index (χ2n) is 8.99. The molecule has 38 heavy (non-hydrogen) atoms. The van der Waals surface area contributed by atoms with Crippen molar-refractivity contribution in [2.45, 2.75) is 30.7 Å². The van der Waals surface area contributed by atoms with Crippen molar-refractivity contribution < 1.29 is 17.5 Å². The van der Waals surface area contributed by atoms with Gasteiger partial charge >= 0.3 is 0 Å². The molecule has 4 aromatic rings. The molecule has 2 aromatic heterocycles. The summed E-state index contributed by atoms with van der Waals surface area (Å²) in [6.07, 6.45) is 2.79. The number of sulfonamides is 1. The molecule has 0 radical (unpaired) electrons. The van der Waals surface area contributed by atoms with E-state index < -0.39 is 10.0 Å². The van der Waals surface area contributed by atoms with Gasteiger partial charge in [-0.25, -0.2) is 17.8 Å². The molecule has 0 bridgehead atoms. The van der Waals surface area contributed by atoms with Crippen LogP contribution in [-0.2, 0) is 17.1 Å². The molecule has 1 aliphatic rings. The Hall–Kier alpha value is -3.54. The average Bonchev–Trinajstić information content (AvgIpc) is 2.90. The summed E-state index contributed by atoms with van der Waals surface area (Å²) in [5.41, 5.74) is 0.607. The fraction of sp³-hybridized carbons (Fsp3) is 0.269. The van der Waals surface area contributed by atoms with Crippen LogP contribution in [0.15, 0.2) is 70.5 Å². The summed E-state index contributed by atoms with van der Waals surface area (Å²) in [5, 5.41) is 3.88. The predicted molar refractivity (Wildman–Crippen MR) is 145 cm³/mol. The first kappa shape index (κ1) is 27.5. The highest BCUT2D eigenvalue weighted by Gasteiger charge is 2.29. The zero-order chi connectivity index (χ0) is 26.2. The lowest BCUT2D eigenvalue weighted by Gasteiger charge is -2.31. The van der Waals surface area contributed by atoms with Crippen molar-refractivity contribution >= 4 is 39.4 Å². The lowest BCUT2D eigenvalue weighted by molar-refractivity contribution is 0.329. The smallest absolute Gasteiger partial charge is 0.294 e. The van der Waals surface area contributed by atoms with Crippen molar-refractivity contribution in [3.8, 4) is 11.5 Å². The molecule has 0 saturated carbocycles. The SMILES string of the molecule is Cc1cc(F)ccc1Oc1cc2cnc(NC3CCN(S(=O)(=O)c4ccccc4)CC3)nc2n(C)c1=O.Cl. The predicted octanol–water partition coefficient (Wildman–Crippen LogP) is 4.26. The van der Waals surface area contributed by atoms with Gasteiger partial charge < -0.3 is 10.1 Å².